The maximum Gasteiger partial charge on any atom is 0.253 e. The summed E-state index contributed by atoms with van der Waals surface area (Å²) in [7, 11) is 0. The number of nitrogens with one attached hydrogen (secondary N) is 1. The summed E-state index contributed by atoms with van der Waals surface area (Å²) >= 11 is 0. The number of carbonyl (C=O) groups is 1. The van der Waals surface area contributed by atoms with E-state index >= 15 is 0 Å². The number of carbonyl (C=O) groups excluding carboxylic acids is 1. The first-order valence-electron chi connectivity index (χ1n) is 9.57. The van der Waals surface area contributed by atoms with Gasteiger partial charge in [-0.2, -0.15) is 0 Å². The van der Waals surface area contributed by atoms with Crippen molar-refractivity contribution >= 4 is 5.91 Å². The highest BCUT2D eigenvalue weighted by Crippen LogP contribution is 2.42. The zero-order chi connectivity index (χ0) is 18.1. The van der Waals surface area contributed by atoms with Gasteiger partial charge >= 0.3 is 0 Å². The van der Waals surface area contributed by atoms with Crippen molar-refractivity contribution in [3.05, 3.63) is 47.8 Å². The minimum atomic E-state index is -0.0348. The summed E-state index contributed by atoms with van der Waals surface area (Å²) in [6.07, 6.45) is 8.10. The first kappa shape index (κ1) is 17.2. The molecule has 1 N–H and O–H groups in total. The monoisotopic (exact) mass is 353 g/mol. The number of rotatable bonds is 3. The fraction of sp³-hybridized carbons (Fsp3) is 0.550. The van der Waals surface area contributed by atoms with Crippen molar-refractivity contribution in [2.24, 2.45) is 5.92 Å². The molecule has 0 aliphatic carbocycles. The summed E-state index contributed by atoms with van der Waals surface area (Å²) in [5.74, 6) is 0.722. The molecule has 2 aromatic rings. The van der Waals surface area contributed by atoms with Gasteiger partial charge in [0.15, 0.2) is 0 Å². The van der Waals surface area contributed by atoms with Crippen molar-refractivity contribution in [1.82, 2.24) is 24.8 Å². The van der Waals surface area contributed by atoms with Gasteiger partial charge in [0, 0.05) is 56.3 Å². The summed E-state index contributed by atoms with van der Waals surface area (Å²) in [5, 5.41) is 0. The molecule has 0 bridgehead atoms. The Morgan fingerprint density at radius 3 is 2.65 bits per heavy atom. The molecule has 4 rings (SSSR count). The van der Waals surface area contributed by atoms with E-state index in [-0.39, 0.29) is 11.4 Å². The standard InChI is InChI=1S/C20H27N5O/c1-15(2)13-25-10-5-17-18(23-14-22-17)20(25)6-11-24(12-7-20)19(26)16-3-8-21-9-4-16/h3-4,8-9,14-15H,5-7,10-13H2,1-2H3,(H,22,23). The Kier molecular flexibility index (Phi) is 4.53. The third kappa shape index (κ3) is 2.92. The number of aromatic amines is 1. The highest BCUT2D eigenvalue weighted by molar-refractivity contribution is 5.94. The van der Waals surface area contributed by atoms with Gasteiger partial charge in [-0.25, -0.2) is 4.98 Å². The molecule has 0 saturated carbocycles. The number of aromatic nitrogens is 3. The Hall–Kier alpha value is -2.21. The van der Waals surface area contributed by atoms with Crippen LogP contribution in [0.1, 0.15) is 48.4 Å². The number of piperidine rings is 1. The normalized spacial score (nSPS) is 19.7. The number of fused-ring (bicyclic) bond motifs is 2. The number of pyridine rings is 1. The van der Waals surface area contributed by atoms with Crippen LogP contribution in [0.15, 0.2) is 30.9 Å². The van der Waals surface area contributed by atoms with E-state index in [1.54, 1.807) is 24.5 Å². The Morgan fingerprint density at radius 2 is 1.96 bits per heavy atom. The van der Waals surface area contributed by atoms with Crippen LogP contribution in [0.2, 0.25) is 0 Å². The fourth-order valence-electron chi connectivity index (χ4n) is 4.54. The Labute approximate surface area is 154 Å². The van der Waals surface area contributed by atoms with Crippen molar-refractivity contribution < 1.29 is 4.79 Å². The lowest BCUT2D eigenvalue weighted by Gasteiger charge is -2.51. The van der Waals surface area contributed by atoms with E-state index in [9.17, 15) is 4.79 Å². The summed E-state index contributed by atoms with van der Waals surface area (Å²) in [6.45, 7) is 8.21. The quantitative estimate of drug-likeness (QED) is 0.920. The summed E-state index contributed by atoms with van der Waals surface area (Å²) < 4.78 is 0. The minimum absolute atomic E-state index is 0.0348. The van der Waals surface area contributed by atoms with Crippen molar-refractivity contribution in [2.45, 2.75) is 38.6 Å². The number of hydrogen-bond donors (Lipinski definition) is 1. The largest absolute Gasteiger partial charge is 0.348 e. The maximum absolute atomic E-state index is 12.8. The molecule has 2 aromatic heterocycles. The average molecular weight is 353 g/mol. The molecule has 0 unspecified atom stereocenters. The highest BCUT2D eigenvalue weighted by Gasteiger charge is 2.47. The molecule has 6 nitrogen and oxygen atoms in total. The molecule has 2 aliphatic rings. The van der Waals surface area contributed by atoms with Gasteiger partial charge in [-0.15, -0.1) is 0 Å². The zero-order valence-electron chi connectivity index (χ0n) is 15.6. The van der Waals surface area contributed by atoms with Crippen LogP contribution < -0.4 is 0 Å². The van der Waals surface area contributed by atoms with E-state index in [2.05, 4.69) is 28.7 Å². The zero-order valence-corrected chi connectivity index (χ0v) is 15.6. The average Bonchev–Trinajstić information content (AvgIpc) is 3.15. The summed E-state index contributed by atoms with van der Waals surface area (Å²) in [6, 6.07) is 3.59. The summed E-state index contributed by atoms with van der Waals surface area (Å²) in [4.78, 5) is 29.4. The molecule has 0 atom stereocenters. The molecule has 6 heteroatoms. The molecule has 0 radical (unpaired) electrons. The SMILES string of the molecule is CC(C)CN1CCc2[nH]cnc2C12CCN(C(=O)c1ccncc1)CC2. The molecule has 1 fully saturated rings. The van der Waals surface area contributed by atoms with Crippen LogP contribution in [-0.2, 0) is 12.0 Å². The highest BCUT2D eigenvalue weighted by atomic mass is 16.2. The van der Waals surface area contributed by atoms with Crippen molar-refractivity contribution in [3.8, 4) is 0 Å². The maximum atomic E-state index is 12.8. The lowest BCUT2D eigenvalue weighted by molar-refractivity contribution is 0.000617. The van der Waals surface area contributed by atoms with E-state index in [4.69, 9.17) is 4.98 Å². The van der Waals surface area contributed by atoms with Crippen LogP contribution in [0, 0.1) is 5.92 Å². The van der Waals surface area contributed by atoms with Gasteiger partial charge in [0.25, 0.3) is 5.91 Å². The molecule has 26 heavy (non-hydrogen) atoms. The predicted molar refractivity (Wildman–Crippen MR) is 99.8 cm³/mol. The first-order chi connectivity index (χ1) is 12.6. The van der Waals surface area contributed by atoms with Gasteiger partial charge in [-0.3, -0.25) is 14.7 Å². The van der Waals surface area contributed by atoms with Crippen LogP contribution in [0.25, 0.3) is 0 Å². The second kappa shape index (κ2) is 6.83. The topological polar surface area (TPSA) is 65.1 Å². The molecular weight excluding hydrogens is 326 g/mol. The second-order valence-electron chi connectivity index (χ2n) is 7.88. The lowest BCUT2D eigenvalue weighted by atomic mass is 9.78. The number of likely N-dealkylation sites (tertiary alicyclic amines) is 1. The number of imidazole rings is 1. The minimum Gasteiger partial charge on any atom is -0.348 e. The molecular formula is C20H27N5O. The molecule has 1 saturated heterocycles. The van der Waals surface area contributed by atoms with E-state index in [0.717, 1.165) is 51.0 Å². The Morgan fingerprint density at radius 1 is 1.23 bits per heavy atom. The van der Waals surface area contributed by atoms with Crippen LogP contribution in [-0.4, -0.2) is 56.8 Å². The van der Waals surface area contributed by atoms with Crippen molar-refractivity contribution in [3.63, 3.8) is 0 Å². The molecule has 4 heterocycles. The van der Waals surface area contributed by atoms with Gasteiger partial charge < -0.3 is 9.88 Å². The van der Waals surface area contributed by atoms with Gasteiger partial charge in [0.1, 0.15) is 0 Å². The number of hydrogen-bond acceptors (Lipinski definition) is 4. The number of amides is 1. The van der Waals surface area contributed by atoms with Crippen LogP contribution in [0.3, 0.4) is 0 Å². The van der Waals surface area contributed by atoms with Crippen molar-refractivity contribution in [1.29, 1.82) is 0 Å². The van der Waals surface area contributed by atoms with E-state index in [1.807, 2.05) is 11.2 Å². The molecule has 1 spiro atoms. The van der Waals surface area contributed by atoms with Gasteiger partial charge in [-0.1, -0.05) is 13.8 Å². The summed E-state index contributed by atoms with van der Waals surface area (Å²) in [5.41, 5.74) is 3.17. The second-order valence-corrected chi connectivity index (χ2v) is 7.88. The van der Waals surface area contributed by atoms with Crippen LogP contribution in [0.4, 0.5) is 0 Å². The van der Waals surface area contributed by atoms with Crippen LogP contribution in [0.5, 0.6) is 0 Å². The van der Waals surface area contributed by atoms with E-state index in [1.165, 1.54) is 11.4 Å². The van der Waals surface area contributed by atoms with Crippen molar-refractivity contribution in [2.75, 3.05) is 26.2 Å². The first-order valence-corrected chi connectivity index (χ1v) is 9.57. The van der Waals surface area contributed by atoms with Gasteiger partial charge in [0.2, 0.25) is 0 Å². The third-order valence-electron chi connectivity index (χ3n) is 5.79. The number of nitrogens with zero attached hydrogens (tertiary/aromatic N) is 4. The molecule has 0 aromatic carbocycles. The fourth-order valence-corrected chi connectivity index (χ4v) is 4.54. The van der Waals surface area contributed by atoms with Gasteiger partial charge in [0.05, 0.1) is 17.6 Å². The molecule has 1 amide bonds. The predicted octanol–water partition coefficient (Wildman–Crippen LogP) is 2.45. The Bertz CT molecular complexity index is 762. The van der Waals surface area contributed by atoms with E-state index < -0.39 is 0 Å². The molecule has 138 valence electrons. The Balaban J connectivity index is 1.56. The van der Waals surface area contributed by atoms with E-state index in [0.29, 0.717) is 5.92 Å². The third-order valence-corrected chi connectivity index (χ3v) is 5.79. The van der Waals surface area contributed by atoms with Gasteiger partial charge in [-0.05, 0) is 30.9 Å². The lowest BCUT2D eigenvalue weighted by Crippen LogP contribution is -2.57. The number of H-pyrrole nitrogens is 1. The van der Waals surface area contributed by atoms with Crippen LogP contribution >= 0.6 is 0 Å². The smallest absolute Gasteiger partial charge is 0.253 e. The molecule has 2 aliphatic heterocycles.